The molecule has 0 saturated carbocycles. The second-order valence-electron chi connectivity index (χ2n) is 2.21. The van der Waals surface area contributed by atoms with Crippen LogP contribution < -0.4 is 0 Å². The van der Waals surface area contributed by atoms with E-state index >= 15 is 0 Å². The van der Waals surface area contributed by atoms with E-state index in [1.165, 1.54) is 12.5 Å². The minimum atomic E-state index is 0.367. The Kier molecular flexibility index (Phi) is 1.49. The molecule has 0 spiro atoms. The highest BCUT2D eigenvalue weighted by Gasteiger charge is 2.07. The Morgan fingerprint density at radius 3 is 3.17 bits per heavy atom. The molecule has 58 valence electrons. The maximum atomic E-state index is 6.82. The summed E-state index contributed by atoms with van der Waals surface area (Å²) in [6.07, 6.45) is 2.90. The van der Waals surface area contributed by atoms with Crippen LogP contribution in [0.5, 0.6) is 0 Å². The lowest BCUT2D eigenvalue weighted by Crippen LogP contribution is -1.73. The summed E-state index contributed by atoms with van der Waals surface area (Å²) in [5.41, 5.74) is 0.893. The topological polar surface area (TPSA) is 30.4 Å². The summed E-state index contributed by atoms with van der Waals surface area (Å²) in [7, 11) is 0. The van der Waals surface area contributed by atoms with Gasteiger partial charge in [0.05, 0.1) is 12.8 Å². The molecule has 0 radical (unpaired) electrons. The molecule has 0 aliphatic heterocycles. The van der Waals surface area contributed by atoms with E-state index in [9.17, 15) is 0 Å². The molecule has 2 aromatic rings. The molecule has 0 bridgehead atoms. The van der Waals surface area contributed by atoms with Crippen molar-refractivity contribution in [2.45, 2.75) is 0 Å². The minimum Gasteiger partial charge on any atom is -0.475 e. The van der Waals surface area contributed by atoms with Gasteiger partial charge in [-0.3, -0.25) is 4.98 Å². The van der Waals surface area contributed by atoms with Crippen molar-refractivity contribution < 1.29 is 4.42 Å². The fourth-order valence-corrected chi connectivity index (χ4v) is 1.19. The van der Waals surface area contributed by atoms with Gasteiger partial charge in [-0.2, -0.15) is 0 Å². The molecule has 0 amide bonds. The van der Waals surface area contributed by atoms with Crippen LogP contribution >= 0.6 is 11.6 Å². The van der Waals surface area contributed by atoms with Gasteiger partial charge in [-0.15, -0.1) is 0 Å². The van der Waals surface area contributed by atoms with Gasteiger partial charge in [-0.25, -0.2) is 4.85 Å². The number of rotatable bonds is 0. The molecule has 3 nitrogen and oxygen atoms in total. The van der Waals surface area contributed by atoms with Gasteiger partial charge in [-0.1, -0.05) is 11.6 Å². The predicted octanol–water partition coefficient (Wildman–Crippen LogP) is 3.03. The average Bonchev–Trinajstić information content (AvgIpc) is 2.54. The van der Waals surface area contributed by atoms with E-state index in [1.54, 1.807) is 6.07 Å². The lowest BCUT2D eigenvalue weighted by Gasteiger charge is -1.92. The van der Waals surface area contributed by atoms with Gasteiger partial charge < -0.3 is 4.42 Å². The van der Waals surface area contributed by atoms with Gasteiger partial charge >= 0.3 is 0 Å². The van der Waals surface area contributed by atoms with Gasteiger partial charge in [0.1, 0.15) is 10.7 Å². The van der Waals surface area contributed by atoms with Crippen molar-refractivity contribution in [3.8, 4) is 0 Å². The molecule has 2 rings (SSSR count). The summed E-state index contributed by atoms with van der Waals surface area (Å²) >= 11 is 5.75. The summed E-state index contributed by atoms with van der Waals surface area (Å²) in [4.78, 5) is 7.09. The molecular weight excluding hydrogens is 176 g/mol. The highest BCUT2D eigenvalue weighted by atomic mass is 35.5. The molecule has 4 heteroatoms. The van der Waals surface area contributed by atoms with Crippen molar-refractivity contribution >= 4 is 28.3 Å². The third kappa shape index (κ3) is 0.858. The maximum Gasteiger partial charge on any atom is 0.247 e. The maximum absolute atomic E-state index is 6.82. The number of furan rings is 1. The van der Waals surface area contributed by atoms with Crippen LogP contribution in [0.2, 0.25) is 5.15 Å². The molecule has 0 saturated heterocycles. The number of aromatic nitrogens is 1. The first-order chi connectivity index (χ1) is 5.83. The lowest BCUT2D eigenvalue weighted by atomic mass is 10.3. The summed E-state index contributed by atoms with van der Waals surface area (Å²) in [6.45, 7) is 6.82. The first-order valence-electron chi connectivity index (χ1n) is 3.22. The first-order valence-corrected chi connectivity index (χ1v) is 3.60. The Balaban J connectivity index is 2.94. The molecule has 0 atom stereocenters. The predicted molar refractivity (Wildman–Crippen MR) is 45.3 cm³/mol. The Bertz CT molecular complexity index is 469. The van der Waals surface area contributed by atoms with Gasteiger partial charge in [0.25, 0.3) is 0 Å². The van der Waals surface area contributed by atoms with Crippen molar-refractivity contribution in [1.29, 1.82) is 0 Å². The van der Waals surface area contributed by atoms with Crippen LogP contribution in [0.4, 0.5) is 5.69 Å². The van der Waals surface area contributed by atoms with E-state index in [1.807, 2.05) is 0 Å². The zero-order chi connectivity index (χ0) is 8.55. The van der Waals surface area contributed by atoms with Crippen LogP contribution in [-0.4, -0.2) is 4.98 Å². The van der Waals surface area contributed by atoms with E-state index in [-0.39, 0.29) is 0 Å². The van der Waals surface area contributed by atoms with Gasteiger partial charge in [0.2, 0.25) is 5.69 Å². The average molecular weight is 179 g/mol. The first kappa shape index (κ1) is 7.14. The second-order valence-corrected chi connectivity index (χ2v) is 2.57. The van der Waals surface area contributed by atoms with Gasteiger partial charge in [-0.05, 0) is 6.07 Å². The van der Waals surface area contributed by atoms with Crippen molar-refractivity contribution in [1.82, 2.24) is 4.98 Å². The van der Waals surface area contributed by atoms with Crippen LogP contribution in [0.25, 0.3) is 15.8 Å². The minimum absolute atomic E-state index is 0.367. The Hall–Kier alpha value is -1.53. The Labute approximate surface area is 73.4 Å². The largest absolute Gasteiger partial charge is 0.475 e. The van der Waals surface area contributed by atoms with E-state index in [2.05, 4.69) is 9.83 Å². The number of halogens is 1. The third-order valence-electron chi connectivity index (χ3n) is 1.54. The molecule has 0 aromatic carbocycles. The SMILES string of the molecule is [C-]#[N+]c1cnc(Cl)c2ccoc12. The number of pyridine rings is 1. The third-order valence-corrected chi connectivity index (χ3v) is 1.84. The summed E-state index contributed by atoms with van der Waals surface area (Å²) < 4.78 is 5.08. The molecule has 2 heterocycles. The molecule has 2 aromatic heterocycles. The second kappa shape index (κ2) is 2.50. The summed E-state index contributed by atoms with van der Waals surface area (Å²) in [5, 5.41) is 1.05. The smallest absolute Gasteiger partial charge is 0.247 e. The normalized spacial score (nSPS) is 10.0. The van der Waals surface area contributed by atoms with Crippen molar-refractivity contribution in [2.24, 2.45) is 0 Å². The van der Waals surface area contributed by atoms with E-state index < -0.39 is 0 Å². The monoisotopic (exact) mass is 178 g/mol. The van der Waals surface area contributed by atoms with Crippen LogP contribution in [0.15, 0.2) is 22.9 Å². The fourth-order valence-electron chi connectivity index (χ4n) is 0.996. The van der Waals surface area contributed by atoms with Crippen molar-refractivity contribution in [3.05, 3.63) is 35.1 Å². The number of nitrogens with zero attached hydrogens (tertiary/aromatic N) is 2. The molecule has 0 aliphatic carbocycles. The highest BCUT2D eigenvalue weighted by Crippen LogP contribution is 2.30. The number of hydrogen-bond acceptors (Lipinski definition) is 2. The lowest BCUT2D eigenvalue weighted by molar-refractivity contribution is 0.617. The van der Waals surface area contributed by atoms with Gasteiger partial charge in [0, 0.05) is 11.6 Å². The van der Waals surface area contributed by atoms with Gasteiger partial charge in [0.15, 0.2) is 0 Å². The van der Waals surface area contributed by atoms with Crippen LogP contribution in [0.1, 0.15) is 0 Å². The zero-order valence-electron chi connectivity index (χ0n) is 5.91. The molecular formula is C8H3ClN2O. The standard InChI is InChI=1S/C8H3ClN2O/c1-10-6-4-11-8(9)5-2-3-12-7(5)6/h2-4H. The Morgan fingerprint density at radius 1 is 1.58 bits per heavy atom. The number of fused-ring (bicyclic) bond motifs is 1. The van der Waals surface area contributed by atoms with Crippen molar-refractivity contribution in [2.75, 3.05) is 0 Å². The molecule has 0 fully saturated rings. The van der Waals surface area contributed by atoms with E-state index in [4.69, 9.17) is 22.6 Å². The molecule has 0 N–H and O–H groups in total. The summed E-state index contributed by atoms with van der Waals surface area (Å²) in [5.74, 6) is 0. The molecule has 0 aliphatic rings. The van der Waals surface area contributed by atoms with Crippen LogP contribution in [-0.2, 0) is 0 Å². The van der Waals surface area contributed by atoms with Crippen LogP contribution in [0, 0.1) is 6.57 Å². The van der Waals surface area contributed by atoms with E-state index in [0.29, 0.717) is 21.8 Å². The number of hydrogen-bond donors (Lipinski definition) is 0. The van der Waals surface area contributed by atoms with Crippen molar-refractivity contribution in [3.63, 3.8) is 0 Å². The highest BCUT2D eigenvalue weighted by molar-refractivity contribution is 6.34. The quantitative estimate of drug-likeness (QED) is 0.459. The fraction of sp³-hybridized carbons (Fsp3) is 0. The molecule has 12 heavy (non-hydrogen) atoms. The molecule has 0 unspecified atom stereocenters. The van der Waals surface area contributed by atoms with Crippen LogP contribution in [0.3, 0.4) is 0 Å². The Morgan fingerprint density at radius 2 is 2.42 bits per heavy atom. The van der Waals surface area contributed by atoms with E-state index in [0.717, 1.165) is 0 Å². The summed E-state index contributed by atoms with van der Waals surface area (Å²) in [6, 6.07) is 1.69. The zero-order valence-corrected chi connectivity index (χ0v) is 6.67.